The van der Waals surface area contributed by atoms with Gasteiger partial charge in [0.05, 0.1) is 18.3 Å². The van der Waals surface area contributed by atoms with Gasteiger partial charge in [-0.2, -0.15) is 0 Å². The summed E-state index contributed by atoms with van der Waals surface area (Å²) in [4.78, 5) is 13.1. The number of phenols is 3. The van der Waals surface area contributed by atoms with Crippen LogP contribution in [0.3, 0.4) is 0 Å². The van der Waals surface area contributed by atoms with Crippen molar-refractivity contribution in [2.75, 3.05) is 6.61 Å². The van der Waals surface area contributed by atoms with Gasteiger partial charge in [0.25, 0.3) is 0 Å². The fourth-order valence-electron chi connectivity index (χ4n) is 5.12. The Labute approximate surface area is 231 Å². The van der Waals surface area contributed by atoms with Crippen LogP contribution < -0.4 is 5.43 Å². The molecule has 14 heteroatoms. The first kappa shape index (κ1) is 29.2. The number of fused-ring (bicyclic) bond motifs is 1. The average molecular weight is 579 g/mol. The molecule has 0 spiro atoms. The lowest BCUT2D eigenvalue weighted by atomic mass is 9.89. The van der Waals surface area contributed by atoms with E-state index in [0.717, 1.165) is 12.1 Å². The molecule has 2 aliphatic heterocycles. The molecule has 2 fully saturated rings. The van der Waals surface area contributed by atoms with E-state index in [4.69, 9.17) is 18.6 Å². The van der Waals surface area contributed by atoms with E-state index in [0.29, 0.717) is 5.56 Å². The zero-order chi connectivity index (χ0) is 29.7. The second-order valence-electron chi connectivity index (χ2n) is 10.1. The van der Waals surface area contributed by atoms with Gasteiger partial charge in [0.1, 0.15) is 77.2 Å². The maximum Gasteiger partial charge on any atom is 0.197 e. The van der Waals surface area contributed by atoms with E-state index in [1.54, 1.807) is 0 Å². The average Bonchev–Trinajstić information content (AvgIpc) is 2.93. The maximum atomic E-state index is 13.1. The second-order valence-corrected chi connectivity index (χ2v) is 10.1. The first-order valence-corrected chi connectivity index (χ1v) is 12.7. The van der Waals surface area contributed by atoms with E-state index in [-0.39, 0.29) is 28.0 Å². The molecule has 4 unspecified atom stereocenters. The molecule has 0 amide bonds. The van der Waals surface area contributed by atoms with E-state index < -0.39 is 84.8 Å². The predicted octanol–water partition coefficient (Wildman–Crippen LogP) is -1.06. The smallest absolute Gasteiger partial charge is 0.197 e. The summed E-state index contributed by atoms with van der Waals surface area (Å²) in [5.74, 6) is -1.39. The predicted molar refractivity (Wildman–Crippen MR) is 137 cm³/mol. The van der Waals surface area contributed by atoms with Crippen molar-refractivity contribution in [2.45, 2.75) is 68.1 Å². The quantitative estimate of drug-likeness (QED) is 0.175. The van der Waals surface area contributed by atoms with Gasteiger partial charge in [0, 0.05) is 17.7 Å². The number of hydrogen-bond donors (Lipinski definition) is 9. The minimum atomic E-state index is -1.85. The van der Waals surface area contributed by atoms with Gasteiger partial charge >= 0.3 is 0 Å². The summed E-state index contributed by atoms with van der Waals surface area (Å²) in [5.41, 5.74) is -1.08. The zero-order valence-electron chi connectivity index (χ0n) is 21.5. The number of ether oxygens (including phenoxy) is 3. The largest absolute Gasteiger partial charge is 0.508 e. The third kappa shape index (κ3) is 5.14. The molecule has 0 radical (unpaired) electrons. The Morgan fingerprint density at radius 2 is 1.51 bits per heavy atom. The number of aliphatic hydroxyl groups excluding tert-OH is 6. The molecule has 222 valence electrons. The van der Waals surface area contributed by atoms with Gasteiger partial charge in [0.2, 0.25) is 0 Å². The summed E-state index contributed by atoms with van der Waals surface area (Å²) in [6.07, 6.45) is -16.0. The molecular formula is C27H30O14. The van der Waals surface area contributed by atoms with E-state index in [1.165, 1.54) is 31.2 Å². The van der Waals surface area contributed by atoms with Gasteiger partial charge in [-0.15, -0.1) is 0 Å². The van der Waals surface area contributed by atoms with Crippen molar-refractivity contribution in [3.05, 3.63) is 52.2 Å². The first-order chi connectivity index (χ1) is 19.4. The maximum absolute atomic E-state index is 13.1. The molecule has 2 aromatic carbocycles. The van der Waals surface area contributed by atoms with Crippen LogP contribution in [0, 0.1) is 0 Å². The molecule has 9 N–H and O–H groups in total. The molecular weight excluding hydrogens is 548 g/mol. The van der Waals surface area contributed by atoms with Crippen LogP contribution in [-0.2, 0) is 14.2 Å². The van der Waals surface area contributed by atoms with E-state index in [2.05, 4.69) is 0 Å². The Balaban J connectivity index is 1.67. The Bertz CT molecular complexity index is 1460. The monoisotopic (exact) mass is 578 g/mol. The van der Waals surface area contributed by atoms with Crippen LogP contribution in [0.15, 0.2) is 45.6 Å². The molecule has 2 aliphatic rings. The van der Waals surface area contributed by atoms with Crippen LogP contribution >= 0.6 is 0 Å². The van der Waals surface area contributed by atoms with Crippen molar-refractivity contribution >= 4 is 11.0 Å². The van der Waals surface area contributed by atoms with E-state index in [9.17, 15) is 50.8 Å². The number of aromatic hydroxyl groups is 3. The number of hydrogen-bond acceptors (Lipinski definition) is 14. The molecule has 0 saturated carbocycles. The summed E-state index contributed by atoms with van der Waals surface area (Å²) < 4.78 is 23.0. The van der Waals surface area contributed by atoms with Crippen molar-refractivity contribution in [3.63, 3.8) is 0 Å². The summed E-state index contributed by atoms with van der Waals surface area (Å²) in [5, 5.41) is 93.0. The Kier molecular flexibility index (Phi) is 7.95. The van der Waals surface area contributed by atoms with Gasteiger partial charge < -0.3 is 64.6 Å². The fraction of sp³-hybridized carbons (Fsp3) is 0.444. The highest BCUT2D eigenvalue weighted by atomic mass is 16.7. The summed E-state index contributed by atoms with van der Waals surface area (Å²) in [7, 11) is 0. The number of phenolic OH excluding ortho intramolecular Hbond substituents is 3. The van der Waals surface area contributed by atoms with Gasteiger partial charge in [-0.25, -0.2) is 0 Å². The third-order valence-electron chi connectivity index (χ3n) is 7.40. The Hall–Kier alpha value is -3.31. The number of rotatable bonds is 5. The normalized spacial score (nSPS) is 34.1. The summed E-state index contributed by atoms with van der Waals surface area (Å²) in [6.45, 7) is 0.613. The lowest BCUT2D eigenvalue weighted by molar-refractivity contribution is -0.338. The van der Waals surface area contributed by atoms with Crippen LogP contribution in [0.25, 0.3) is 22.3 Å². The van der Waals surface area contributed by atoms with Crippen molar-refractivity contribution in [1.29, 1.82) is 0 Å². The van der Waals surface area contributed by atoms with E-state index in [1.807, 2.05) is 0 Å². The standard InChI is InChI=1S/C27H30O14/c1-9-19(33)21(35)23(37)27(38-9)41-26-22(36)20(34)16(8-28)40-25(26)18-13(31)6-12(30)17-14(32)7-15(39-24(17)18)10-2-4-11(29)5-3-10/h2-7,9,16,19-23,25-31,33-37H,8H2,1H3/t9?,16?,19-,20+,21-,22-,23?,25-,26?,27-/m0/s1. The molecule has 14 nitrogen and oxygen atoms in total. The van der Waals surface area contributed by atoms with Gasteiger partial charge in [-0.1, -0.05) is 0 Å². The number of benzene rings is 2. The minimum absolute atomic E-state index is 0.0294. The molecule has 3 heterocycles. The van der Waals surface area contributed by atoms with Crippen LogP contribution in [-0.4, -0.2) is 108 Å². The Morgan fingerprint density at radius 1 is 0.829 bits per heavy atom. The fourth-order valence-corrected chi connectivity index (χ4v) is 5.12. The highest BCUT2D eigenvalue weighted by Crippen LogP contribution is 2.45. The van der Waals surface area contributed by atoms with Gasteiger partial charge in [0.15, 0.2) is 17.3 Å². The van der Waals surface area contributed by atoms with Crippen LogP contribution in [0.4, 0.5) is 0 Å². The first-order valence-electron chi connectivity index (χ1n) is 12.7. The SMILES string of the molecule is CC1O[C@@H](OC2[C@@H](O)[C@H](O)C(CO)O[C@H]2c2c(O)cc(O)c3c(=O)cc(-c4ccc(O)cc4)oc23)C(O)[C@@H](O)[C@H]1O. The Morgan fingerprint density at radius 3 is 2.17 bits per heavy atom. The molecule has 3 aromatic rings. The second kappa shape index (κ2) is 11.2. The number of aliphatic hydroxyl groups is 6. The van der Waals surface area contributed by atoms with Gasteiger partial charge in [-0.05, 0) is 31.2 Å². The summed E-state index contributed by atoms with van der Waals surface area (Å²) >= 11 is 0. The minimum Gasteiger partial charge on any atom is -0.508 e. The van der Waals surface area contributed by atoms with Crippen molar-refractivity contribution in [2.24, 2.45) is 0 Å². The lowest BCUT2D eigenvalue weighted by Gasteiger charge is -2.46. The van der Waals surface area contributed by atoms with E-state index >= 15 is 0 Å². The van der Waals surface area contributed by atoms with Crippen molar-refractivity contribution < 1.29 is 64.6 Å². The lowest BCUT2D eigenvalue weighted by Crippen LogP contribution is -2.61. The molecule has 1 aromatic heterocycles. The molecule has 10 atom stereocenters. The van der Waals surface area contributed by atoms with Crippen LogP contribution in [0.5, 0.6) is 17.2 Å². The summed E-state index contributed by atoms with van der Waals surface area (Å²) in [6, 6.07) is 7.53. The highest BCUT2D eigenvalue weighted by molar-refractivity contribution is 5.89. The van der Waals surface area contributed by atoms with Crippen molar-refractivity contribution in [1.82, 2.24) is 0 Å². The zero-order valence-corrected chi connectivity index (χ0v) is 21.5. The van der Waals surface area contributed by atoms with Crippen molar-refractivity contribution in [3.8, 4) is 28.6 Å². The van der Waals surface area contributed by atoms with Crippen LogP contribution in [0.2, 0.25) is 0 Å². The van der Waals surface area contributed by atoms with Crippen LogP contribution in [0.1, 0.15) is 18.6 Å². The molecule has 0 bridgehead atoms. The van der Waals surface area contributed by atoms with Gasteiger partial charge in [-0.3, -0.25) is 4.79 Å². The molecule has 2 saturated heterocycles. The molecule has 41 heavy (non-hydrogen) atoms. The highest BCUT2D eigenvalue weighted by Gasteiger charge is 2.51. The molecule has 0 aliphatic carbocycles. The third-order valence-corrected chi connectivity index (χ3v) is 7.40. The topological polar surface area (TPSA) is 240 Å². The molecule has 5 rings (SSSR count).